The van der Waals surface area contributed by atoms with Crippen molar-refractivity contribution in [2.75, 3.05) is 26.1 Å². The summed E-state index contributed by atoms with van der Waals surface area (Å²) in [5.74, 6) is 0.765. The fraction of sp³-hybridized carbons (Fsp3) is 0.267. The van der Waals surface area contributed by atoms with Crippen LogP contribution in [0.5, 0.6) is 11.5 Å². The van der Waals surface area contributed by atoms with Gasteiger partial charge in [0.1, 0.15) is 11.5 Å². The number of hydrogen-bond acceptors (Lipinski definition) is 5. The second-order valence-electron chi connectivity index (χ2n) is 4.34. The van der Waals surface area contributed by atoms with Gasteiger partial charge in [-0.25, -0.2) is 9.37 Å². The molecule has 0 radical (unpaired) electrons. The standard InChI is InChI=1S/C15H17FN2O3/c1-20-10-5-6-14(21-2)11(8-10)13(19)9-18-15-12(16)4-3-7-17-15/h3-8,13,19H,9H2,1-2H3,(H,17,18)/t13-/m0/s1. The van der Waals surface area contributed by atoms with E-state index in [1.807, 2.05) is 0 Å². The number of anilines is 1. The highest BCUT2D eigenvalue weighted by Crippen LogP contribution is 2.29. The number of methoxy groups -OCH3 is 2. The lowest BCUT2D eigenvalue weighted by Gasteiger charge is -2.17. The Morgan fingerprint density at radius 3 is 2.76 bits per heavy atom. The monoisotopic (exact) mass is 292 g/mol. The number of nitrogens with zero attached hydrogens (tertiary/aromatic N) is 1. The summed E-state index contributed by atoms with van der Waals surface area (Å²) < 4.78 is 23.8. The zero-order chi connectivity index (χ0) is 15.2. The Bertz CT molecular complexity index is 607. The molecular weight excluding hydrogens is 275 g/mol. The first-order chi connectivity index (χ1) is 10.2. The van der Waals surface area contributed by atoms with Crippen LogP contribution in [0.15, 0.2) is 36.5 Å². The molecule has 0 spiro atoms. The van der Waals surface area contributed by atoms with Crippen molar-refractivity contribution in [3.05, 3.63) is 47.9 Å². The average Bonchev–Trinajstić information content (AvgIpc) is 2.53. The third-order valence-electron chi connectivity index (χ3n) is 3.02. The van der Waals surface area contributed by atoms with Crippen LogP contribution in [0.1, 0.15) is 11.7 Å². The number of aromatic nitrogens is 1. The number of ether oxygens (including phenoxy) is 2. The number of benzene rings is 1. The number of hydrogen-bond donors (Lipinski definition) is 2. The number of aliphatic hydroxyl groups excluding tert-OH is 1. The van der Waals surface area contributed by atoms with Crippen molar-refractivity contribution in [1.29, 1.82) is 0 Å². The van der Waals surface area contributed by atoms with E-state index in [-0.39, 0.29) is 12.4 Å². The topological polar surface area (TPSA) is 63.6 Å². The normalized spacial score (nSPS) is 11.8. The van der Waals surface area contributed by atoms with E-state index in [0.29, 0.717) is 17.1 Å². The molecule has 21 heavy (non-hydrogen) atoms. The second kappa shape index (κ2) is 6.90. The fourth-order valence-electron chi connectivity index (χ4n) is 1.92. The minimum Gasteiger partial charge on any atom is -0.497 e. The first-order valence-corrected chi connectivity index (χ1v) is 6.40. The van der Waals surface area contributed by atoms with E-state index in [1.54, 1.807) is 25.3 Å². The van der Waals surface area contributed by atoms with E-state index in [1.165, 1.54) is 25.4 Å². The molecule has 0 aliphatic rings. The first kappa shape index (κ1) is 15.1. The Morgan fingerprint density at radius 1 is 1.29 bits per heavy atom. The Labute approximate surface area is 122 Å². The molecule has 0 unspecified atom stereocenters. The predicted molar refractivity (Wildman–Crippen MR) is 77.2 cm³/mol. The molecule has 1 aromatic heterocycles. The highest BCUT2D eigenvalue weighted by molar-refractivity contribution is 5.43. The van der Waals surface area contributed by atoms with Gasteiger partial charge in [-0.15, -0.1) is 0 Å². The van der Waals surface area contributed by atoms with E-state index in [4.69, 9.17) is 9.47 Å². The lowest BCUT2D eigenvalue weighted by atomic mass is 10.1. The summed E-state index contributed by atoms with van der Waals surface area (Å²) in [7, 11) is 3.06. The van der Waals surface area contributed by atoms with E-state index in [0.717, 1.165) is 0 Å². The number of halogens is 1. The molecule has 2 rings (SSSR count). The van der Waals surface area contributed by atoms with Crippen molar-refractivity contribution < 1.29 is 19.0 Å². The van der Waals surface area contributed by atoms with Crippen LogP contribution >= 0.6 is 0 Å². The summed E-state index contributed by atoms with van der Waals surface area (Å²) >= 11 is 0. The van der Waals surface area contributed by atoms with Gasteiger partial charge in [0.2, 0.25) is 0 Å². The molecule has 0 saturated heterocycles. The maximum absolute atomic E-state index is 13.5. The SMILES string of the molecule is COc1ccc(OC)c([C@@H](O)CNc2ncccc2F)c1. The van der Waals surface area contributed by atoms with Crippen molar-refractivity contribution in [3.8, 4) is 11.5 Å². The molecule has 2 N–H and O–H groups in total. The molecule has 6 heteroatoms. The third-order valence-corrected chi connectivity index (χ3v) is 3.02. The van der Waals surface area contributed by atoms with Gasteiger partial charge in [-0.1, -0.05) is 0 Å². The number of rotatable bonds is 6. The number of nitrogens with one attached hydrogen (secondary N) is 1. The maximum Gasteiger partial charge on any atom is 0.165 e. The summed E-state index contributed by atoms with van der Waals surface area (Å²) in [5.41, 5.74) is 0.556. The van der Waals surface area contributed by atoms with Crippen LogP contribution in [0.3, 0.4) is 0 Å². The summed E-state index contributed by atoms with van der Waals surface area (Å²) in [6.07, 6.45) is 0.584. The molecule has 0 aliphatic heterocycles. The van der Waals surface area contributed by atoms with E-state index in [2.05, 4.69) is 10.3 Å². The molecule has 1 aromatic carbocycles. The zero-order valence-electron chi connectivity index (χ0n) is 11.8. The largest absolute Gasteiger partial charge is 0.497 e. The van der Waals surface area contributed by atoms with Crippen LogP contribution in [0.25, 0.3) is 0 Å². The Morgan fingerprint density at radius 2 is 2.10 bits per heavy atom. The molecule has 0 amide bonds. The van der Waals surface area contributed by atoms with Crippen molar-refractivity contribution in [2.24, 2.45) is 0 Å². The highest BCUT2D eigenvalue weighted by atomic mass is 19.1. The van der Waals surface area contributed by atoms with Gasteiger partial charge < -0.3 is 19.9 Å². The van der Waals surface area contributed by atoms with Crippen molar-refractivity contribution in [1.82, 2.24) is 4.98 Å². The maximum atomic E-state index is 13.5. The first-order valence-electron chi connectivity index (χ1n) is 6.40. The van der Waals surface area contributed by atoms with Crippen LogP contribution in [-0.2, 0) is 0 Å². The molecular formula is C15H17FN2O3. The molecule has 0 aliphatic carbocycles. The molecule has 0 fully saturated rings. The Balaban J connectivity index is 2.13. The molecule has 1 heterocycles. The van der Waals surface area contributed by atoms with Crippen LogP contribution in [0, 0.1) is 5.82 Å². The van der Waals surface area contributed by atoms with Gasteiger partial charge in [0, 0.05) is 18.3 Å². The van der Waals surface area contributed by atoms with Crippen LogP contribution < -0.4 is 14.8 Å². The van der Waals surface area contributed by atoms with Gasteiger partial charge in [-0.05, 0) is 30.3 Å². The fourth-order valence-corrected chi connectivity index (χ4v) is 1.92. The molecule has 2 aromatic rings. The van der Waals surface area contributed by atoms with Gasteiger partial charge in [0.15, 0.2) is 11.6 Å². The Hall–Kier alpha value is -2.34. The second-order valence-corrected chi connectivity index (χ2v) is 4.34. The van der Waals surface area contributed by atoms with Crippen molar-refractivity contribution in [2.45, 2.75) is 6.10 Å². The smallest absolute Gasteiger partial charge is 0.165 e. The van der Waals surface area contributed by atoms with Crippen LogP contribution in [-0.4, -0.2) is 30.9 Å². The summed E-state index contributed by atoms with van der Waals surface area (Å²) in [6.45, 7) is 0.0947. The van der Waals surface area contributed by atoms with Crippen molar-refractivity contribution >= 4 is 5.82 Å². The van der Waals surface area contributed by atoms with E-state index in [9.17, 15) is 9.50 Å². The molecule has 0 saturated carbocycles. The van der Waals surface area contributed by atoms with Crippen LogP contribution in [0.4, 0.5) is 10.2 Å². The highest BCUT2D eigenvalue weighted by Gasteiger charge is 2.15. The molecule has 5 nitrogen and oxygen atoms in total. The Kier molecular flexibility index (Phi) is 4.94. The minimum atomic E-state index is -0.892. The van der Waals surface area contributed by atoms with Gasteiger partial charge in [0.05, 0.1) is 20.3 Å². The van der Waals surface area contributed by atoms with E-state index >= 15 is 0 Å². The quantitative estimate of drug-likeness (QED) is 0.856. The van der Waals surface area contributed by atoms with E-state index < -0.39 is 11.9 Å². The van der Waals surface area contributed by atoms with Crippen molar-refractivity contribution in [3.63, 3.8) is 0 Å². The number of pyridine rings is 1. The summed E-state index contributed by atoms with van der Waals surface area (Å²) in [6, 6.07) is 7.93. The number of aliphatic hydroxyl groups is 1. The van der Waals surface area contributed by atoms with Gasteiger partial charge in [-0.2, -0.15) is 0 Å². The summed E-state index contributed by atoms with van der Waals surface area (Å²) in [4.78, 5) is 3.87. The van der Waals surface area contributed by atoms with Gasteiger partial charge in [-0.3, -0.25) is 0 Å². The lowest BCUT2D eigenvalue weighted by molar-refractivity contribution is 0.186. The average molecular weight is 292 g/mol. The zero-order valence-corrected chi connectivity index (χ0v) is 11.8. The van der Waals surface area contributed by atoms with Gasteiger partial charge in [0.25, 0.3) is 0 Å². The molecule has 0 bridgehead atoms. The van der Waals surface area contributed by atoms with Crippen LogP contribution in [0.2, 0.25) is 0 Å². The molecule has 1 atom stereocenters. The minimum absolute atomic E-state index is 0.0947. The predicted octanol–water partition coefficient (Wildman–Crippen LogP) is 2.38. The molecule has 112 valence electrons. The third kappa shape index (κ3) is 3.61. The lowest BCUT2D eigenvalue weighted by Crippen LogP contribution is -2.14. The van der Waals surface area contributed by atoms with Gasteiger partial charge >= 0.3 is 0 Å². The summed E-state index contributed by atoms with van der Waals surface area (Å²) in [5, 5.41) is 13.0.